The molecule has 16 heavy (non-hydrogen) atoms. The van der Waals surface area contributed by atoms with Crippen LogP contribution < -0.4 is 5.32 Å². The van der Waals surface area contributed by atoms with Crippen molar-refractivity contribution in [2.24, 2.45) is 5.92 Å². The van der Waals surface area contributed by atoms with E-state index in [1.807, 2.05) is 6.20 Å². The summed E-state index contributed by atoms with van der Waals surface area (Å²) in [6.45, 7) is 6.58. The maximum absolute atomic E-state index is 3.48. The molecule has 2 heteroatoms. The van der Waals surface area contributed by atoms with Crippen LogP contribution in [-0.4, -0.2) is 11.5 Å². The second kappa shape index (κ2) is 5.17. The van der Waals surface area contributed by atoms with E-state index >= 15 is 0 Å². The standard InChI is InChI=1S/C14H20N2/c1-11(2)5-7-15-10-12-3-4-14-13(9-12)6-8-16-14/h3-4,6,8-9,11,15-16H,5,7,10H2,1-2H3. The first-order valence-corrected chi connectivity index (χ1v) is 6.02. The summed E-state index contributed by atoms with van der Waals surface area (Å²) in [6.07, 6.45) is 3.23. The Morgan fingerprint density at radius 1 is 1.25 bits per heavy atom. The third-order valence-electron chi connectivity index (χ3n) is 2.85. The average molecular weight is 216 g/mol. The molecule has 0 atom stereocenters. The monoisotopic (exact) mass is 216 g/mol. The molecule has 0 aliphatic rings. The first-order valence-electron chi connectivity index (χ1n) is 6.02. The van der Waals surface area contributed by atoms with Crippen molar-refractivity contribution in [2.75, 3.05) is 6.54 Å². The van der Waals surface area contributed by atoms with Crippen molar-refractivity contribution in [3.63, 3.8) is 0 Å². The van der Waals surface area contributed by atoms with Crippen LogP contribution in [0.4, 0.5) is 0 Å². The molecule has 2 aromatic rings. The molecule has 2 rings (SSSR count). The molecule has 86 valence electrons. The third-order valence-corrected chi connectivity index (χ3v) is 2.85. The summed E-state index contributed by atoms with van der Waals surface area (Å²) in [5, 5.41) is 4.77. The number of H-pyrrole nitrogens is 1. The van der Waals surface area contributed by atoms with Crippen molar-refractivity contribution < 1.29 is 0 Å². The number of benzene rings is 1. The van der Waals surface area contributed by atoms with E-state index < -0.39 is 0 Å². The molecular formula is C14H20N2. The molecular weight excluding hydrogens is 196 g/mol. The predicted octanol–water partition coefficient (Wildman–Crippen LogP) is 3.30. The minimum Gasteiger partial charge on any atom is -0.361 e. The van der Waals surface area contributed by atoms with Crippen LogP contribution in [0.25, 0.3) is 10.9 Å². The lowest BCUT2D eigenvalue weighted by atomic mass is 10.1. The maximum Gasteiger partial charge on any atom is 0.0454 e. The van der Waals surface area contributed by atoms with Gasteiger partial charge in [-0.1, -0.05) is 19.9 Å². The Bertz CT molecular complexity index is 443. The number of aromatic amines is 1. The van der Waals surface area contributed by atoms with E-state index in [-0.39, 0.29) is 0 Å². The van der Waals surface area contributed by atoms with Crippen LogP contribution in [0.15, 0.2) is 30.5 Å². The fourth-order valence-electron chi connectivity index (χ4n) is 1.84. The van der Waals surface area contributed by atoms with E-state index in [0.29, 0.717) is 0 Å². The maximum atomic E-state index is 3.48. The minimum absolute atomic E-state index is 0.777. The minimum atomic E-state index is 0.777. The van der Waals surface area contributed by atoms with E-state index in [0.717, 1.165) is 19.0 Å². The van der Waals surface area contributed by atoms with Gasteiger partial charge >= 0.3 is 0 Å². The molecule has 1 aromatic carbocycles. The molecule has 0 saturated heterocycles. The molecule has 0 unspecified atom stereocenters. The van der Waals surface area contributed by atoms with Gasteiger partial charge in [-0.3, -0.25) is 0 Å². The SMILES string of the molecule is CC(C)CCNCc1ccc2[nH]ccc2c1. The number of hydrogen-bond acceptors (Lipinski definition) is 1. The molecule has 0 aliphatic carbocycles. The second-order valence-corrected chi connectivity index (χ2v) is 4.76. The molecule has 0 saturated carbocycles. The van der Waals surface area contributed by atoms with Crippen molar-refractivity contribution in [2.45, 2.75) is 26.8 Å². The van der Waals surface area contributed by atoms with Gasteiger partial charge in [-0.05, 0) is 48.0 Å². The molecule has 0 bridgehead atoms. The first kappa shape index (κ1) is 11.2. The summed E-state index contributed by atoms with van der Waals surface area (Å²) in [5.41, 5.74) is 2.57. The number of nitrogens with one attached hydrogen (secondary N) is 2. The Morgan fingerprint density at radius 2 is 2.12 bits per heavy atom. The van der Waals surface area contributed by atoms with Gasteiger partial charge in [0.15, 0.2) is 0 Å². The van der Waals surface area contributed by atoms with Gasteiger partial charge in [0.25, 0.3) is 0 Å². The van der Waals surface area contributed by atoms with Crippen LogP contribution in [-0.2, 0) is 6.54 Å². The molecule has 0 spiro atoms. The summed E-state index contributed by atoms with van der Waals surface area (Å²) in [6, 6.07) is 8.69. The fraction of sp³-hybridized carbons (Fsp3) is 0.429. The highest BCUT2D eigenvalue weighted by Gasteiger charge is 1.97. The van der Waals surface area contributed by atoms with E-state index in [1.54, 1.807) is 0 Å². The highest BCUT2D eigenvalue weighted by Crippen LogP contribution is 2.14. The largest absolute Gasteiger partial charge is 0.361 e. The third kappa shape index (κ3) is 2.86. The van der Waals surface area contributed by atoms with Gasteiger partial charge in [0.1, 0.15) is 0 Å². The average Bonchev–Trinajstić information content (AvgIpc) is 2.71. The van der Waals surface area contributed by atoms with Crippen LogP contribution in [0.5, 0.6) is 0 Å². The molecule has 2 nitrogen and oxygen atoms in total. The second-order valence-electron chi connectivity index (χ2n) is 4.76. The Labute approximate surface area is 97.1 Å². The Kier molecular flexibility index (Phi) is 3.62. The van der Waals surface area contributed by atoms with Crippen molar-refractivity contribution in [1.29, 1.82) is 0 Å². The van der Waals surface area contributed by atoms with Gasteiger partial charge < -0.3 is 10.3 Å². The van der Waals surface area contributed by atoms with E-state index in [4.69, 9.17) is 0 Å². The number of aromatic nitrogens is 1. The molecule has 1 heterocycles. The molecule has 2 N–H and O–H groups in total. The highest BCUT2D eigenvalue weighted by molar-refractivity contribution is 5.79. The molecule has 0 aliphatic heterocycles. The normalized spacial score (nSPS) is 11.4. The van der Waals surface area contributed by atoms with Crippen LogP contribution in [0.2, 0.25) is 0 Å². The summed E-state index contributed by atoms with van der Waals surface area (Å²) in [5.74, 6) is 0.777. The molecule has 0 fully saturated rings. The topological polar surface area (TPSA) is 27.8 Å². The highest BCUT2D eigenvalue weighted by atomic mass is 14.8. The van der Waals surface area contributed by atoms with Gasteiger partial charge in [-0.25, -0.2) is 0 Å². The van der Waals surface area contributed by atoms with Crippen LogP contribution >= 0.6 is 0 Å². The smallest absolute Gasteiger partial charge is 0.0454 e. The van der Waals surface area contributed by atoms with Crippen LogP contribution in [0, 0.1) is 5.92 Å². The number of fused-ring (bicyclic) bond motifs is 1. The summed E-state index contributed by atoms with van der Waals surface area (Å²) in [7, 11) is 0. The van der Waals surface area contributed by atoms with Crippen LogP contribution in [0.1, 0.15) is 25.8 Å². The van der Waals surface area contributed by atoms with E-state index in [1.165, 1.54) is 22.9 Å². The molecule has 0 amide bonds. The van der Waals surface area contributed by atoms with Gasteiger partial charge in [0.05, 0.1) is 0 Å². The Morgan fingerprint density at radius 3 is 2.94 bits per heavy atom. The zero-order chi connectivity index (χ0) is 11.4. The summed E-state index contributed by atoms with van der Waals surface area (Å²) >= 11 is 0. The number of rotatable bonds is 5. The molecule has 1 aromatic heterocycles. The Hall–Kier alpha value is -1.28. The zero-order valence-electron chi connectivity index (χ0n) is 10.1. The van der Waals surface area contributed by atoms with Crippen molar-refractivity contribution in [1.82, 2.24) is 10.3 Å². The lowest BCUT2D eigenvalue weighted by molar-refractivity contribution is 0.537. The van der Waals surface area contributed by atoms with Crippen molar-refractivity contribution in [3.05, 3.63) is 36.0 Å². The first-order chi connectivity index (χ1) is 7.75. The van der Waals surface area contributed by atoms with Crippen LogP contribution in [0.3, 0.4) is 0 Å². The quantitative estimate of drug-likeness (QED) is 0.737. The van der Waals surface area contributed by atoms with Crippen molar-refractivity contribution in [3.8, 4) is 0 Å². The lowest BCUT2D eigenvalue weighted by Crippen LogP contribution is -2.16. The summed E-state index contributed by atoms with van der Waals surface area (Å²) < 4.78 is 0. The predicted molar refractivity (Wildman–Crippen MR) is 69.5 cm³/mol. The number of hydrogen-bond donors (Lipinski definition) is 2. The van der Waals surface area contributed by atoms with Gasteiger partial charge in [0.2, 0.25) is 0 Å². The Balaban J connectivity index is 1.89. The van der Waals surface area contributed by atoms with E-state index in [9.17, 15) is 0 Å². The van der Waals surface area contributed by atoms with Gasteiger partial charge in [-0.15, -0.1) is 0 Å². The van der Waals surface area contributed by atoms with Crippen molar-refractivity contribution >= 4 is 10.9 Å². The van der Waals surface area contributed by atoms with Gasteiger partial charge in [0, 0.05) is 18.3 Å². The lowest BCUT2D eigenvalue weighted by Gasteiger charge is -2.07. The zero-order valence-corrected chi connectivity index (χ0v) is 10.1. The van der Waals surface area contributed by atoms with Gasteiger partial charge in [-0.2, -0.15) is 0 Å². The molecule has 0 radical (unpaired) electrons. The summed E-state index contributed by atoms with van der Waals surface area (Å²) in [4.78, 5) is 3.21. The van der Waals surface area contributed by atoms with E-state index in [2.05, 4.69) is 48.4 Å². The fourth-order valence-corrected chi connectivity index (χ4v) is 1.84.